The normalized spacial score (nSPS) is 36.4. The molecule has 0 aromatic rings. The quantitative estimate of drug-likeness (QED) is 0.678. The predicted molar refractivity (Wildman–Crippen MR) is 56.1 cm³/mol. The summed E-state index contributed by atoms with van der Waals surface area (Å²) < 4.78 is 12.2. The maximum atomic E-state index is 6.12. The van der Waals surface area contributed by atoms with Gasteiger partial charge in [-0.25, -0.2) is 0 Å². The zero-order valence-corrected chi connectivity index (χ0v) is 9.42. The van der Waals surface area contributed by atoms with E-state index in [9.17, 15) is 0 Å². The summed E-state index contributed by atoms with van der Waals surface area (Å²) >= 11 is 0. The molecule has 0 aromatic carbocycles. The third-order valence-corrected chi connectivity index (χ3v) is 3.57. The summed E-state index contributed by atoms with van der Waals surface area (Å²) in [5, 5.41) is 0. The molecule has 2 unspecified atom stereocenters. The minimum atomic E-state index is -0.181. The Labute approximate surface area is 87.0 Å². The molecule has 1 saturated heterocycles. The van der Waals surface area contributed by atoms with Gasteiger partial charge in [0, 0.05) is 12.8 Å². The van der Waals surface area contributed by atoms with Crippen LogP contribution in [0.2, 0.25) is 0 Å². The van der Waals surface area contributed by atoms with Crippen LogP contribution in [0, 0.1) is 0 Å². The molecule has 2 nitrogen and oxygen atoms in total. The molecule has 82 valence electrons. The molecule has 2 rings (SSSR count). The van der Waals surface area contributed by atoms with Gasteiger partial charge in [0.25, 0.3) is 0 Å². The number of hydrogen-bond acceptors (Lipinski definition) is 2. The van der Waals surface area contributed by atoms with Crippen molar-refractivity contribution >= 4 is 0 Å². The molecule has 0 bridgehead atoms. The fourth-order valence-electron chi connectivity index (χ4n) is 2.75. The van der Waals surface area contributed by atoms with Crippen molar-refractivity contribution in [2.24, 2.45) is 0 Å². The highest BCUT2D eigenvalue weighted by Gasteiger charge is 2.46. The zero-order valence-electron chi connectivity index (χ0n) is 9.42. The van der Waals surface area contributed by atoms with Crippen molar-refractivity contribution in [2.45, 2.75) is 76.8 Å². The topological polar surface area (TPSA) is 18.5 Å². The summed E-state index contributed by atoms with van der Waals surface area (Å²) in [6.07, 6.45) is 8.97. The van der Waals surface area contributed by atoms with Crippen molar-refractivity contribution in [3.63, 3.8) is 0 Å². The molecule has 0 N–H and O–H groups in total. The number of ether oxygens (including phenoxy) is 2. The first-order chi connectivity index (χ1) is 6.79. The van der Waals surface area contributed by atoms with Gasteiger partial charge < -0.3 is 9.47 Å². The van der Waals surface area contributed by atoms with Crippen LogP contribution in [0.4, 0.5) is 0 Å². The molecular weight excluding hydrogens is 176 g/mol. The highest BCUT2D eigenvalue weighted by Crippen LogP contribution is 2.41. The van der Waals surface area contributed by atoms with E-state index in [2.05, 4.69) is 13.8 Å². The van der Waals surface area contributed by atoms with E-state index in [1.54, 1.807) is 0 Å². The van der Waals surface area contributed by atoms with E-state index >= 15 is 0 Å². The summed E-state index contributed by atoms with van der Waals surface area (Å²) in [4.78, 5) is 0. The van der Waals surface area contributed by atoms with Crippen LogP contribution in [-0.4, -0.2) is 18.0 Å². The average Bonchev–Trinajstić information content (AvgIpc) is 2.57. The van der Waals surface area contributed by atoms with Gasteiger partial charge >= 0.3 is 0 Å². The van der Waals surface area contributed by atoms with Gasteiger partial charge in [0.2, 0.25) is 0 Å². The molecule has 1 aliphatic carbocycles. The first kappa shape index (κ1) is 10.4. The Morgan fingerprint density at radius 3 is 1.86 bits per heavy atom. The van der Waals surface area contributed by atoms with Crippen molar-refractivity contribution in [1.82, 2.24) is 0 Å². The molecule has 0 amide bonds. The van der Waals surface area contributed by atoms with Gasteiger partial charge in [0.05, 0.1) is 12.2 Å². The van der Waals surface area contributed by atoms with Crippen LogP contribution in [-0.2, 0) is 9.47 Å². The van der Waals surface area contributed by atoms with Crippen LogP contribution in [0.5, 0.6) is 0 Å². The minimum absolute atomic E-state index is 0.181. The lowest BCUT2D eigenvalue weighted by atomic mass is 9.94. The summed E-state index contributed by atoms with van der Waals surface area (Å²) in [6, 6.07) is 0. The smallest absolute Gasteiger partial charge is 0.169 e. The zero-order chi connectivity index (χ0) is 10.0. The van der Waals surface area contributed by atoms with E-state index in [-0.39, 0.29) is 5.79 Å². The molecule has 1 aliphatic heterocycles. The van der Waals surface area contributed by atoms with Crippen LogP contribution in [0.3, 0.4) is 0 Å². The first-order valence-corrected chi connectivity index (χ1v) is 6.15. The van der Waals surface area contributed by atoms with E-state index in [0.29, 0.717) is 12.2 Å². The summed E-state index contributed by atoms with van der Waals surface area (Å²) in [7, 11) is 0. The molecule has 1 saturated carbocycles. The Hall–Kier alpha value is -0.0800. The van der Waals surface area contributed by atoms with Crippen molar-refractivity contribution in [1.29, 1.82) is 0 Å². The molecule has 2 aliphatic rings. The Kier molecular flexibility index (Phi) is 3.13. The maximum Gasteiger partial charge on any atom is 0.169 e. The third kappa shape index (κ3) is 1.82. The van der Waals surface area contributed by atoms with E-state index in [4.69, 9.17) is 9.47 Å². The molecular formula is C12H22O2. The summed E-state index contributed by atoms with van der Waals surface area (Å²) in [5.74, 6) is -0.181. The molecule has 1 spiro atoms. The largest absolute Gasteiger partial charge is 0.344 e. The predicted octanol–water partition coefficient (Wildman–Crippen LogP) is 3.25. The van der Waals surface area contributed by atoms with Crippen molar-refractivity contribution in [3.8, 4) is 0 Å². The number of hydrogen-bond donors (Lipinski definition) is 0. The molecule has 14 heavy (non-hydrogen) atoms. The highest BCUT2D eigenvalue weighted by molar-refractivity contribution is 4.86. The van der Waals surface area contributed by atoms with E-state index < -0.39 is 0 Å². The lowest BCUT2D eigenvalue weighted by Gasteiger charge is -2.32. The Morgan fingerprint density at radius 1 is 0.929 bits per heavy atom. The molecule has 2 atom stereocenters. The minimum Gasteiger partial charge on any atom is -0.344 e. The maximum absolute atomic E-state index is 6.12. The fraction of sp³-hybridized carbons (Fsp3) is 1.00. The average molecular weight is 198 g/mol. The molecule has 2 fully saturated rings. The lowest BCUT2D eigenvalue weighted by molar-refractivity contribution is -0.194. The third-order valence-electron chi connectivity index (χ3n) is 3.57. The van der Waals surface area contributed by atoms with Crippen LogP contribution < -0.4 is 0 Å². The van der Waals surface area contributed by atoms with Crippen LogP contribution in [0.1, 0.15) is 58.8 Å². The van der Waals surface area contributed by atoms with Crippen LogP contribution >= 0.6 is 0 Å². The van der Waals surface area contributed by atoms with Gasteiger partial charge in [-0.05, 0) is 25.7 Å². The van der Waals surface area contributed by atoms with Gasteiger partial charge in [0.15, 0.2) is 5.79 Å². The Morgan fingerprint density at radius 2 is 1.43 bits per heavy atom. The Balaban J connectivity index is 2.01. The van der Waals surface area contributed by atoms with Gasteiger partial charge in [-0.1, -0.05) is 20.3 Å². The fourth-order valence-corrected chi connectivity index (χ4v) is 2.75. The SMILES string of the molecule is CCC1OC2(CCCCC2)OC1CC. The Bertz CT molecular complexity index is 171. The molecule has 0 aromatic heterocycles. The summed E-state index contributed by atoms with van der Waals surface area (Å²) in [5.41, 5.74) is 0. The highest BCUT2D eigenvalue weighted by atomic mass is 16.8. The monoisotopic (exact) mass is 198 g/mol. The second-order valence-corrected chi connectivity index (χ2v) is 4.60. The van der Waals surface area contributed by atoms with E-state index in [1.165, 1.54) is 19.3 Å². The molecule has 1 heterocycles. The van der Waals surface area contributed by atoms with Gasteiger partial charge in [0.1, 0.15) is 0 Å². The van der Waals surface area contributed by atoms with Crippen LogP contribution in [0.15, 0.2) is 0 Å². The first-order valence-electron chi connectivity index (χ1n) is 6.15. The van der Waals surface area contributed by atoms with E-state index in [0.717, 1.165) is 25.7 Å². The van der Waals surface area contributed by atoms with Crippen LogP contribution in [0.25, 0.3) is 0 Å². The second-order valence-electron chi connectivity index (χ2n) is 4.60. The molecule has 2 heteroatoms. The molecule has 0 radical (unpaired) electrons. The van der Waals surface area contributed by atoms with Gasteiger partial charge in [-0.2, -0.15) is 0 Å². The second kappa shape index (κ2) is 4.19. The van der Waals surface area contributed by atoms with Crippen molar-refractivity contribution in [3.05, 3.63) is 0 Å². The standard InChI is InChI=1S/C12H22O2/c1-3-10-11(4-2)14-12(13-10)8-6-5-7-9-12/h10-11H,3-9H2,1-2H3. The van der Waals surface area contributed by atoms with Gasteiger partial charge in [-0.3, -0.25) is 0 Å². The van der Waals surface area contributed by atoms with Crippen molar-refractivity contribution < 1.29 is 9.47 Å². The lowest BCUT2D eigenvalue weighted by Crippen LogP contribution is -2.33. The van der Waals surface area contributed by atoms with Crippen molar-refractivity contribution in [2.75, 3.05) is 0 Å². The van der Waals surface area contributed by atoms with E-state index in [1.807, 2.05) is 0 Å². The number of rotatable bonds is 2. The van der Waals surface area contributed by atoms with Gasteiger partial charge in [-0.15, -0.1) is 0 Å². The summed E-state index contributed by atoms with van der Waals surface area (Å²) in [6.45, 7) is 4.39.